The summed E-state index contributed by atoms with van der Waals surface area (Å²) in [6.45, 7) is 3.45. The van der Waals surface area contributed by atoms with Gasteiger partial charge in [-0.2, -0.15) is 0 Å². The van der Waals surface area contributed by atoms with Crippen molar-refractivity contribution in [3.8, 4) is 11.6 Å². The number of aliphatic hydroxyl groups excluding tert-OH is 1. The highest BCUT2D eigenvalue weighted by Gasteiger charge is 2.23. The molecule has 5 N–H and O–H groups in total. The molecule has 192 valence electrons. The highest BCUT2D eigenvalue weighted by molar-refractivity contribution is 7.11. The number of nitrogens with zero attached hydrogens (tertiary/aromatic N) is 2. The number of carbonyl (C=O) groups excluding carboxylic acids is 2. The first kappa shape index (κ1) is 26.6. The molecule has 0 bridgehead atoms. The first-order chi connectivity index (χ1) is 16.8. The van der Waals surface area contributed by atoms with Gasteiger partial charge in [-0.15, -0.1) is 4.37 Å². The molecule has 1 aliphatic rings. The van der Waals surface area contributed by atoms with Gasteiger partial charge >= 0.3 is 12.1 Å². The molecule has 2 aromatic rings. The van der Waals surface area contributed by atoms with Gasteiger partial charge in [0.25, 0.3) is 5.88 Å². The number of nitrogens with one attached hydrogen (secondary N) is 2. The van der Waals surface area contributed by atoms with E-state index in [1.165, 1.54) is 6.92 Å². The number of ether oxygens (including phenoxy) is 2. The number of aromatic nitrogens is 1. The third-order valence-electron chi connectivity index (χ3n) is 5.61. The van der Waals surface area contributed by atoms with Crippen molar-refractivity contribution >= 4 is 28.7 Å². The lowest BCUT2D eigenvalue weighted by molar-refractivity contribution is 0.157. The van der Waals surface area contributed by atoms with Crippen LogP contribution in [0.15, 0.2) is 12.1 Å². The molecule has 0 spiro atoms. The van der Waals surface area contributed by atoms with Crippen molar-refractivity contribution in [3.05, 3.63) is 34.9 Å². The predicted octanol–water partition coefficient (Wildman–Crippen LogP) is 3.12. The number of halogens is 2. The summed E-state index contributed by atoms with van der Waals surface area (Å²) in [7, 11) is 0. The van der Waals surface area contributed by atoms with E-state index in [1.807, 2.05) is 0 Å². The molecular formula is C22H29F2N5O5S. The highest BCUT2D eigenvalue weighted by Crippen LogP contribution is 2.39. The minimum atomic E-state index is -1.16. The van der Waals surface area contributed by atoms with Crippen LogP contribution >= 0.6 is 11.5 Å². The Hall–Kier alpha value is -3.03. The van der Waals surface area contributed by atoms with E-state index in [4.69, 9.17) is 15.2 Å². The zero-order valence-electron chi connectivity index (χ0n) is 19.3. The third-order valence-corrected chi connectivity index (χ3v) is 6.34. The minimum Gasteiger partial charge on any atom is -0.469 e. The summed E-state index contributed by atoms with van der Waals surface area (Å²) in [5.41, 5.74) is 5.20. The summed E-state index contributed by atoms with van der Waals surface area (Å²) in [6.07, 6.45) is 2.53. The van der Waals surface area contributed by atoms with E-state index in [-0.39, 0.29) is 47.0 Å². The molecule has 1 unspecified atom stereocenters. The maximum absolute atomic E-state index is 14.1. The number of rotatable bonds is 11. The minimum absolute atomic E-state index is 0.0578. The van der Waals surface area contributed by atoms with Crippen molar-refractivity contribution in [3.63, 3.8) is 0 Å². The molecule has 35 heavy (non-hydrogen) atoms. The van der Waals surface area contributed by atoms with Crippen LogP contribution in [0.25, 0.3) is 0 Å². The molecule has 3 amide bonds. The zero-order chi connectivity index (χ0) is 25.4. The number of likely N-dealkylation sites (tertiary alicyclic amines) is 1. The van der Waals surface area contributed by atoms with E-state index >= 15 is 0 Å². The second-order valence-corrected chi connectivity index (χ2v) is 8.92. The number of carbonyl (C=O) groups is 2. The predicted molar refractivity (Wildman–Crippen MR) is 126 cm³/mol. The number of aliphatic hydroxyl groups is 1. The molecule has 1 aliphatic heterocycles. The van der Waals surface area contributed by atoms with Gasteiger partial charge in [-0.1, -0.05) is 0 Å². The molecule has 1 aromatic carbocycles. The average Bonchev–Trinajstić information content (AvgIpc) is 3.41. The van der Waals surface area contributed by atoms with E-state index in [1.54, 1.807) is 0 Å². The molecule has 0 saturated carbocycles. The monoisotopic (exact) mass is 513 g/mol. The van der Waals surface area contributed by atoms with Crippen LogP contribution in [0.1, 0.15) is 36.8 Å². The van der Waals surface area contributed by atoms with Crippen molar-refractivity contribution < 1.29 is 33.0 Å². The number of nitrogens with two attached hydrogens (primary N) is 1. The molecule has 1 saturated heterocycles. The fourth-order valence-corrected chi connectivity index (χ4v) is 4.42. The van der Waals surface area contributed by atoms with Crippen molar-refractivity contribution in [2.45, 2.75) is 45.3 Å². The van der Waals surface area contributed by atoms with E-state index in [2.05, 4.69) is 19.9 Å². The van der Waals surface area contributed by atoms with Gasteiger partial charge in [0.05, 0.1) is 6.61 Å². The molecule has 1 fully saturated rings. The van der Waals surface area contributed by atoms with Crippen LogP contribution in [0.4, 0.5) is 23.4 Å². The summed E-state index contributed by atoms with van der Waals surface area (Å²) in [6, 6.07) is 1.73. The number of hydrogen-bond donors (Lipinski definition) is 4. The first-order valence-corrected chi connectivity index (χ1v) is 12.0. The number of unbranched alkanes of at least 4 members (excludes halogenated alkanes) is 1. The summed E-state index contributed by atoms with van der Waals surface area (Å²) in [5.74, 6) is -1.68. The molecule has 10 nitrogen and oxygen atoms in total. The van der Waals surface area contributed by atoms with Crippen LogP contribution in [0.5, 0.6) is 11.6 Å². The van der Waals surface area contributed by atoms with Crippen LogP contribution in [0.3, 0.4) is 0 Å². The van der Waals surface area contributed by atoms with Gasteiger partial charge in [-0.25, -0.2) is 18.4 Å². The van der Waals surface area contributed by atoms with Gasteiger partial charge in [0.15, 0.2) is 5.00 Å². The van der Waals surface area contributed by atoms with Crippen molar-refractivity contribution in [2.24, 2.45) is 5.73 Å². The average molecular weight is 514 g/mol. The Balaban J connectivity index is 1.51. The molecule has 0 radical (unpaired) electrons. The van der Waals surface area contributed by atoms with Crippen LogP contribution < -0.4 is 25.8 Å². The number of amides is 3. The fraction of sp³-hybridized carbons (Fsp3) is 0.500. The molecule has 2 heterocycles. The van der Waals surface area contributed by atoms with Crippen molar-refractivity contribution in [2.75, 3.05) is 31.6 Å². The van der Waals surface area contributed by atoms with Crippen molar-refractivity contribution in [1.29, 1.82) is 0 Å². The van der Waals surface area contributed by atoms with Gasteiger partial charge in [-0.05, 0) is 74.9 Å². The van der Waals surface area contributed by atoms with Gasteiger partial charge in [0.2, 0.25) is 5.75 Å². The molecule has 3 rings (SSSR count). The number of anilines is 1. The Morgan fingerprint density at radius 3 is 2.86 bits per heavy atom. The Labute approximate surface area is 205 Å². The van der Waals surface area contributed by atoms with E-state index in [0.29, 0.717) is 6.54 Å². The molecular weight excluding hydrogens is 484 g/mol. The van der Waals surface area contributed by atoms with Gasteiger partial charge < -0.3 is 25.6 Å². The summed E-state index contributed by atoms with van der Waals surface area (Å²) < 4.78 is 42.1. The maximum Gasteiger partial charge on any atom is 0.410 e. The van der Waals surface area contributed by atoms with Crippen LogP contribution in [-0.4, -0.2) is 58.8 Å². The lowest BCUT2D eigenvalue weighted by Crippen LogP contribution is -2.34. The molecule has 1 atom stereocenters. The standard InChI is InChI=1S/C22H29F2N5O5S/c1-13-9-17(24)14(10-16(13)23)12-33-19-18(34-21(25)31)20(35-28-19)27-22(32)26-6-2-3-7-29-8-4-5-15(29)11-30/h9-10,15,30H,2-8,11-12H2,1H3,(H2,25,31)(H2,26,27,32). The maximum atomic E-state index is 14.1. The summed E-state index contributed by atoms with van der Waals surface area (Å²) in [5, 5.41) is 14.7. The van der Waals surface area contributed by atoms with Gasteiger partial charge in [0.1, 0.15) is 18.2 Å². The van der Waals surface area contributed by atoms with Crippen LogP contribution in [0, 0.1) is 18.6 Å². The number of urea groups is 1. The Bertz CT molecular complexity index is 1040. The number of benzene rings is 1. The number of aryl methyl sites for hydroxylation is 1. The van der Waals surface area contributed by atoms with Gasteiger partial charge in [0, 0.05) is 18.2 Å². The van der Waals surface area contributed by atoms with Crippen molar-refractivity contribution in [1.82, 2.24) is 14.6 Å². The van der Waals surface area contributed by atoms with Crippen LogP contribution in [0.2, 0.25) is 0 Å². The Morgan fingerprint density at radius 1 is 1.31 bits per heavy atom. The molecule has 0 aliphatic carbocycles. The Kier molecular flexibility index (Phi) is 9.57. The zero-order valence-corrected chi connectivity index (χ0v) is 20.1. The smallest absolute Gasteiger partial charge is 0.410 e. The number of primary amides is 1. The van der Waals surface area contributed by atoms with E-state index in [9.17, 15) is 23.5 Å². The lowest BCUT2D eigenvalue weighted by atomic mass is 10.1. The SMILES string of the molecule is Cc1cc(F)c(COc2nsc(NC(=O)NCCCCN3CCCC3CO)c2OC(N)=O)cc1F. The quantitative estimate of drug-likeness (QED) is 0.339. The topological polar surface area (TPSA) is 139 Å². The molecule has 1 aromatic heterocycles. The fourth-order valence-electron chi connectivity index (χ4n) is 3.76. The normalized spacial score (nSPS) is 15.7. The summed E-state index contributed by atoms with van der Waals surface area (Å²) in [4.78, 5) is 25.9. The lowest BCUT2D eigenvalue weighted by Gasteiger charge is -2.22. The second-order valence-electron chi connectivity index (χ2n) is 8.15. The first-order valence-electron chi connectivity index (χ1n) is 11.2. The second kappa shape index (κ2) is 12.6. The third kappa shape index (κ3) is 7.47. The van der Waals surface area contributed by atoms with E-state index in [0.717, 1.165) is 62.4 Å². The van der Waals surface area contributed by atoms with E-state index < -0.39 is 23.8 Å². The summed E-state index contributed by atoms with van der Waals surface area (Å²) >= 11 is 0.777. The van der Waals surface area contributed by atoms with Crippen LogP contribution in [-0.2, 0) is 6.61 Å². The Morgan fingerprint density at radius 2 is 2.11 bits per heavy atom. The number of hydrogen-bond acceptors (Lipinski definition) is 8. The molecule has 13 heteroatoms. The highest BCUT2D eigenvalue weighted by atomic mass is 32.1. The van der Waals surface area contributed by atoms with Gasteiger partial charge in [-0.3, -0.25) is 10.2 Å². The largest absolute Gasteiger partial charge is 0.469 e.